The van der Waals surface area contributed by atoms with Gasteiger partial charge in [0.1, 0.15) is 4.88 Å². The summed E-state index contributed by atoms with van der Waals surface area (Å²) in [6.45, 7) is 2.04. The molecule has 0 saturated carbocycles. The summed E-state index contributed by atoms with van der Waals surface area (Å²) < 4.78 is 0. The van der Waals surface area contributed by atoms with Gasteiger partial charge in [0.25, 0.3) is 0 Å². The van der Waals surface area contributed by atoms with Crippen molar-refractivity contribution in [2.75, 3.05) is 11.1 Å². The van der Waals surface area contributed by atoms with Crippen LogP contribution in [0.15, 0.2) is 36.4 Å². The molecule has 1 aromatic carbocycles. The third-order valence-electron chi connectivity index (χ3n) is 2.70. The molecule has 2 aromatic rings. The molecule has 0 spiro atoms. The van der Waals surface area contributed by atoms with Crippen LogP contribution in [0.1, 0.15) is 20.8 Å². The maximum atomic E-state index is 11.8. The number of benzene rings is 1. The maximum Gasteiger partial charge on any atom is 0.345 e. The fourth-order valence-electron chi connectivity index (χ4n) is 1.64. The van der Waals surface area contributed by atoms with Gasteiger partial charge in [0.05, 0.1) is 10.8 Å². The van der Waals surface area contributed by atoms with Gasteiger partial charge in [0.15, 0.2) is 0 Å². The molecule has 4 nitrogen and oxygen atoms in total. The van der Waals surface area contributed by atoms with Crippen LogP contribution >= 0.6 is 23.1 Å². The van der Waals surface area contributed by atoms with Crippen molar-refractivity contribution in [3.63, 3.8) is 0 Å². The van der Waals surface area contributed by atoms with Crippen molar-refractivity contribution < 1.29 is 14.7 Å². The van der Waals surface area contributed by atoms with Gasteiger partial charge >= 0.3 is 5.97 Å². The van der Waals surface area contributed by atoms with E-state index >= 15 is 0 Å². The molecular weight excluding hydrogens is 306 g/mol. The lowest BCUT2D eigenvalue weighted by Gasteiger charge is -2.03. The van der Waals surface area contributed by atoms with E-state index in [9.17, 15) is 9.59 Å². The van der Waals surface area contributed by atoms with E-state index in [0.717, 1.165) is 17.1 Å². The van der Waals surface area contributed by atoms with Crippen molar-refractivity contribution in [2.45, 2.75) is 12.7 Å². The number of hydrogen-bond acceptors (Lipinski definition) is 4. The third kappa shape index (κ3) is 4.91. The number of thiophene rings is 1. The van der Waals surface area contributed by atoms with Crippen molar-refractivity contribution in [1.29, 1.82) is 0 Å². The first-order chi connectivity index (χ1) is 10.0. The molecule has 1 heterocycles. The molecule has 0 atom stereocenters. The van der Waals surface area contributed by atoms with E-state index in [1.54, 1.807) is 6.07 Å². The van der Waals surface area contributed by atoms with E-state index < -0.39 is 5.97 Å². The van der Waals surface area contributed by atoms with Crippen molar-refractivity contribution in [1.82, 2.24) is 0 Å². The minimum Gasteiger partial charge on any atom is -0.477 e. The smallest absolute Gasteiger partial charge is 0.345 e. The maximum absolute atomic E-state index is 11.8. The zero-order valence-electron chi connectivity index (χ0n) is 11.5. The fourth-order valence-corrected chi connectivity index (χ4v) is 3.19. The van der Waals surface area contributed by atoms with Crippen molar-refractivity contribution in [3.05, 3.63) is 52.4 Å². The summed E-state index contributed by atoms with van der Waals surface area (Å²) in [5.74, 6) is 0.0207. The number of hydrogen-bond donors (Lipinski definition) is 2. The minimum absolute atomic E-state index is 0.120. The number of carboxylic acid groups (broad SMARTS) is 1. The quantitative estimate of drug-likeness (QED) is 0.852. The second-order valence-electron chi connectivity index (χ2n) is 4.50. The number of aryl methyl sites for hydroxylation is 1. The predicted molar refractivity (Wildman–Crippen MR) is 87.2 cm³/mol. The van der Waals surface area contributed by atoms with E-state index in [0.29, 0.717) is 10.8 Å². The Morgan fingerprint density at radius 2 is 1.90 bits per heavy atom. The van der Waals surface area contributed by atoms with Crippen LogP contribution in [0.4, 0.5) is 5.00 Å². The Labute approximate surface area is 131 Å². The van der Waals surface area contributed by atoms with Gasteiger partial charge in [-0.1, -0.05) is 29.8 Å². The van der Waals surface area contributed by atoms with Crippen LogP contribution in [0, 0.1) is 6.92 Å². The number of anilines is 1. The van der Waals surface area contributed by atoms with Crippen molar-refractivity contribution in [3.8, 4) is 0 Å². The standard InChI is InChI=1S/C15H15NO3S2/c1-10-2-4-11(5-3-10)8-20-9-13(17)16-14-7-6-12(21-14)15(18)19/h2-7H,8-9H2,1H3,(H,16,17)(H,18,19). The molecule has 0 saturated heterocycles. The molecule has 1 amide bonds. The van der Waals surface area contributed by atoms with Crippen LogP contribution < -0.4 is 5.32 Å². The van der Waals surface area contributed by atoms with Crippen LogP contribution in [0.25, 0.3) is 0 Å². The van der Waals surface area contributed by atoms with E-state index in [2.05, 4.69) is 29.6 Å². The highest BCUT2D eigenvalue weighted by Gasteiger charge is 2.09. The average molecular weight is 321 g/mol. The molecule has 2 rings (SSSR count). The van der Waals surface area contributed by atoms with Crippen LogP contribution in [0.3, 0.4) is 0 Å². The normalized spacial score (nSPS) is 10.3. The lowest BCUT2D eigenvalue weighted by atomic mass is 10.2. The SMILES string of the molecule is Cc1ccc(CSCC(=O)Nc2ccc(C(=O)O)s2)cc1. The van der Waals surface area contributed by atoms with Gasteiger partial charge in [-0.2, -0.15) is 0 Å². The number of thioether (sulfide) groups is 1. The summed E-state index contributed by atoms with van der Waals surface area (Å²) in [7, 11) is 0. The molecule has 0 aliphatic heterocycles. The number of carboxylic acids is 1. The lowest BCUT2D eigenvalue weighted by Crippen LogP contribution is -2.13. The highest BCUT2D eigenvalue weighted by molar-refractivity contribution is 7.99. The van der Waals surface area contributed by atoms with Gasteiger partial charge in [0.2, 0.25) is 5.91 Å². The van der Waals surface area contributed by atoms with E-state index in [1.807, 2.05) is 6.92 Å². The third-order valence-corrected chi connectivity index (χ3v) is 4.69. The second kappa shape index (κ2) is 7.28. The molecule has 2 N–H and O–H groups in total. The topological polar surface area (TPSA) is 66.4 Å². The van der Waals surface area contributed by atoms with Gasteiger partial charge in [-0.3, -0.25) is 4.79 Å². The van der Waals surface area contributed by atoms with Crippen molar-refractivity contribution >= 4 is 40.0 Å². The molecule has 0 fully saturated rings. The van der Waals surface area contributed by atoms with Gasteiger partial charge < -0.3 is 10.4 Å². The number of carbonyl (C=O) groups excluding carboxylic acids is 1. The Hall–Kier alpha value is -1.79. The molecule has 21 heavy (non-hydrogen) atoms. The monoisotopic (exact) mass is 321 g/mol. The van der Waals surface area contributed by atoms with E-state index in [4.69, 9.17) is 5.11 Å². The molecular formula is C15H15NO3S2. The molecule has 0 radical (unpaired) electrons. The van der Waals surface area contributed by atoms with Gasteiger partial charge in [-0.15, -0.1) is 23.1 Å². The lowest BCUT2D eigenvalue weighted by molar-refractivity contribution is -0.113. The summed E-state index contributed by atoms with van der Waals surface area (Å²) >= 11 is 2.59. The Kier molecular flexibility index (Phi) is 5.41. The van der Waals surface area contributed by atoms with Crippen LogP contribution in [-0.4, -0.2) is 22.7 Å². The minimum atomic E-state index is -0.978. The van der Waals surface area contributed by atoms with Gasteiger partial charge in [0, 0.05) is 5.75 Å². The van der Waals surface area contributed by atoms with E-state index in [1.165, 1.54) is 29.0 Å². The molecule has 0 bridgehead atoms. The molecule has 0 aliphatic rings. The highest BCUT2D eigenvalue weighted by atomic mass is 32.2. The Balaban J connectivity index is 1.76. The van der Waals surface area contributed by atoms with Crippen molar-refractivity contribution in [2.24, 2.45) is 0 Å². The first-order valence-corrected chi connectivity index (χ1v) is 8.28. The first kappa shape index (κ1) is 15.6. The summed E-state index contributed by atoms with van der Waals surface area (Å²) in [5.41, 5.74) is 2.40. The molecule has 0 unspecified atom stereocenters. The predicted octanol–water partition coefficient (Wildman–Crippen LogP) is 3.63. The van der Waals surface area contributed by atoms with E-state index in [-0.39, 0.29) is 10.8 Å². The van der Waals surface area contributed by atoms with Crippen LogP contribution in [0.2, 0.25) is 0 Å². The molecule has 1 aromatic heterocycles. The molecule has 110 valence electrons. The van der Waals surface area contributed by atoms with Crippen LogP contribution in [-0.2, 0) is 10.5 Å². The highest BCUT2D eigenvalue weighted by Crippen LogP contribution is 2.22. The number of aromatic carboxylic acids is 1. The number of rotatable bonds is 6. The van der Waals surface area contributed by atoms with Gasteiger partial charge in [-0.05, 0) is 24.6 Å². The first-order valence-electron chi connectivity index (χ1n) is 6.31. The number of amides is 1. The summed E-state index contributed by atoms with van der Waals surface area (Å²) in [4.78, 5) is 22.7. The Morgan fingerprint density at radius 1 is 1.19 bits per heavy atom. The number of nitrogens with one attached hydrogen (secondary N) is 1. The summed E-state index contributed by atoms with van der Waals surface area (Å²) in [6.07, 6.45) is 0. The summed E-state index contributed by atoms with van der Waals surface area (Å²) in [5, 5.41) is 12.1. The molecule has 0 aliphatic carbocycles. The summed E-state index contributed by atoms with van der Waals surface area (Å²) in [6, 6.07) is 11.3. The largest absolute Gasteiger partial charge is 0.477 e. The average Bonchev–Trinajstić information content (AvgIpc) is 2.90. The van der Waals surface area contributed by atoms with Gasteiger partial charge in [-0.25, -0.2) is 4.79 Å². The zero-order chi connectivity index (χ0) is 15.2. The Morgan fingerprint density at radius 3 is 2.52 bits per heavy atom. The fraction of sp³-hybridized carbons (Fsp3) is 0.200. The Bertz CT molecular complexity index is 635. The molecule has 6 heteroatoms. The second-order valence-corrected chi connectivity index (χ2v) is 6.56. The van der Waals surface area contributed by atoms with Crippen LogP contribution in [0.5, 0.6) is 0 Å². The number of carbonyl (C=O) groups is 2. The zero-order valence-corrected chi connectivity index (χ0v) is 13.1.